The molecular weight excluding hydrogens is 248 g/mol. The number of hydrogen-bond acceptors (Lipinski definition) is 4. The summed E-state index contributed by atoms with van der Waals surface area (Å²) < 4.78 is 5.44. The van der Waals surface area contributed by atoms with Crippen molar-refractivity contribution in [2.75, 3.05) is 19.7 Å². The normalized spacial score (nSPS) is 21.7. The number of aromatic nitrogens is 1. The molecule has 18 heavy (non-hydrogen) atoms. The molecule has 0 bridgehead atoms. The number of amides is 1. The van der Waals surface area contributed by atoms with Gasteiger partial charge in [0.15, 0.2) is 0 Å². The Balaban J connectivity index is 1.92. The summed E-state index contributed by atoms with van der Waals surface area (Å²) in [5.74, 6) is 0.167. The van der Waals surface area contributed by atoms with Crippen LogP contribution in [0.4, 0.5) is 0 Å². The maximum Gasteiger partial charge on any atom is 0.236 e. The molecule has 5 heteroatoms. The van der Waals surface area contributed by atoms with Crippen molar-refractivity contribution in [2.45, 2.75) is 30.2 Å². The fourth-order valence-electron chi connectivity index (χ4n) is 1.92. The summed E-state index contributed by atoms with van der Waals surface area (Å²) in [6, 6.07) is 5.74. The van der Waals surface area contributed by atoms with Gasteiger partial charge in [-0.2, -0.15) is 0 Å². The van der Waals surface area contributed by atoms with E-state index in [1.54, 1.807) is 6.20 Å². The summed E-state index contributed by atoms with van der Waals surface area (Å²) in [6.45, 7) is 5.94. The van der Waals surface area contributed by atoms with Crippen molar-refractivity contribution in [3.05, 3.63) is 24.4 Å². The molecule has 0 saturated carbocycles. The van der Waals surface area contributed by atoms with E-state index in [4.69, 9.17) is 4.74 Å². The summed E-state index contributed by atoms with van der Waals surface area (Å²) in [5.41, 5.74) is 0. The van der Waals surface area contributed by atoms with Crippen LogP contribution in [0.3, 0.4) is 0 Å². The average Bonchev–Trinajstić information content (AvgIpc) is 2.39. The monoisotopic (exact) mass is 266 g/mol. The van der Waals surface area contributed by atoms with Crippen LogP contribution in [0.5, 0.6) is 0 Å². The predicted molar refractivity (Wildman–Crippen MR) is 71.6 cm³/mol. The van der Waals surface area contributed by atoms with E-state index in [1.807, 2.05) is 36.9 Å². The zero-order valence-corrected chi connectivity index (χ0v) is 11.5. The molecule has 2 rings (SSSR count). The first kappa shape index (κ1) is 13.4. The molecule has 4 nitrogen and oxygen atoms in total. The van der Waals surface area contributed by atoms with Crippen LogP contribution in [0.2, 0.25) is 0 Å². The van der Waals surface area contributed by atoms with Gasteiger partial charge in [-0.25, -0.2) is 4.98 Å². The molecule has 1 aliphatic heterocycles. The van der Waals surface area contributed by atoms with Gasteiger partial charge in [0.2, 0.25) is 5.91 Å². The highest BCUT2D eigenvalue weighted by atomic mass is 32.2. The number of pyridine rings is 1. The molecule has 2 atom stereocenters. The van der Waals surface area contributed by atoms with Gasteiger partial charge in [-0.15, -0.1) is 0 Å². The van der Waals surface area contributed by atoms with Gasteiger partial charge in [0.1, 0.15) is 0 Å². The van der Waals surface area contributed by atoms with Crippen molar-refractivity contribution in [1.82, 2.24) is 9.88 Å². The first-order valence-corrected chi connectivity index (χ1v) is 7.03. The Hall–Kier alpha value is -1.07. The summed E-state index contributed by atoms with van der Waals surface area (Å²) in [7, 11) is 0. The molecule has 0 N–H and O–H groups in total. The Kier molecular flexibility index (Phi) is 4.60. The summed E-state index contributed by atoms with van der Waals surface area (Å²) in [5, 5.41) is 0.782. The highest BCUT2D eigenvalue weighted by Crippen LogP contribution is 2.22. The highest BCUT2D eigenvalue weighted by Gasteiger charge is 2.25. The first-order valence-electron chi connectivity index (χ1n) is 6.15. The van der Waals surface area contributed by atoms with Crippen molar-refractivity contribution >= 4 is 17.7 Å². The molecule has 0 spiro atoms. The molecule has 2 heterocycles. The van der Waals surface area contributed by atoms with Crippen molar-refractivity contribution in [1.29, 1.82) is 0 Å². The number of rotatable bonds is 3. The van der Waals surface area contributed by atoms with Crippen LogP contribution in [0, 0.1) is 0 Å². The standard InChI is InChI=1S/C13H18N2O2S/c1-10-9-15(7-8-17-10)13(16)11(2)18-12-5-3-4-6-14-12/h3-6,10-11H,7-9H2,1-2H3. The molecule has 1 fully saturated rings. The third-order valence-corrected chi connectivity index (χ3v) is 3.87. The maximum atomic E-state index is 12.3. The second-order valence-corrected chi connectivity index (χ2v) is 5.75. The SMILES string of the molecule is CC1CN(C(=O)C(C)Sc2ccccn2)CCO1. The molecular formula is C13H18N2O2S. The van der Waals surface area contributed by atoms with Crippen molar-refractivity contribution < 1.29 is 9.53 Å². The molecule has 1 aromatic rings. The van der Waals surface area contributed by atoms with Crippen LogP contribution in [0.25, 0.3) is 0 Å². The molecule has 0 aromatic carbocycles. The third kappa shape index (κ3) is 3.46. The van der Waals surface area contributed by atoms with Gasteiger partial charge in [0.05, 0.1) is 23.0 Å². The van der Waals surface area contributed by atoms with Gasteiger partial charge in [-0.3, -0.25) is 4.79 Å². The Morgan fingerprint density at radius 2 is 2.44 bits per heavy atom. The Morgan fingerprint density at radius 3 is 3.11 bits per heavy atom. The number of nitrogens with zero attached hydrogens (tertiary/aromatic N) is 2. The van der Waals surface area contributed by atoms with Crippen LogP contribution in [0.1, 0.15) is 13.8 Å². The number of morpholine rings is 1. The van der Waals surface area contributed by atoms with E-state index in [0.717, 1.165) is 5.03 Å². The predicted octanol–water partition coefficient (Wildman–Crippen LogP) is 1.81. The zero-order valence-electron chi connectivity index (χ0n) is 10.7. The van der Waals surface area contributed by atoms with Gasteiger partial charge in [0.25, 0.3) is 0 Å². The Morgan fingerprint density at radius 1 is 1.61 bits per heavy atom. The fraction of sp³-hybridized carbons (Fsp3) is 0.538. The molecule has 1 aliphatic rings. The van der Waals surface area contributed by atoms with Gasteiger partial charge < -0.3 is 9.64 Å². The molecule has 1 aromatic heterocycles. The van der Waals surface area contributed by atoms with E-state index in [0.29, 0.717) is 19.7 Å². The third-order valence-electron chi connectivity index (χ3n) is 2.84. The lowest BCUT2D eigenvalue weighted by molar-refractivity contribution is -0.137. The summed E-state index contributed by atoms with van der Waals surface area (Å²) >= 11 is 1.50. The molecule has 1 saturated heterocycles. The lowest BCUT2D eigenvalue weighted by atomic mass is 10.3. The summed E-state index contributed by atoms with van der Waals surface area (Å²) in [6.07, 6.45) is 1.88. The van der Waals surface area contributed by atoms with Crippen LogP contribution < -0.4 is 0 Å². The maximum absolute atomic E-state index is 12.3. The van der Waals surface area contributed by atoms with E-state index < -0.39 is 0 Å². The molecule has 1 amide bonds. The van der Waals surface area contributed by atoms with Crippen LogP contribution in [-0.4, -0.2) is 46.8 Å². The lowest BCUT2D eigenvalue weighted by Gasteiger charge is -2.32. The van der Waals surface area contributed by atoms with Crippen molar-refractivity contribution in [3.8, 4) is 0 Å². The minimum atomic E-state index is -0.106. The van der Waals surface area contributed by atoms with E-state index in [2.05, 4.69) is 4.98 Å². The minimum Gasteiger partial charge on any atom is -0.375 e. The molecule has 2 unspecified atom stereocenters. The number of carbonyl (C=O) groups excluding carboxylic acids is 1. The molecule has 0 aliphatic carbocycles. The van der Waals surface area contributed by atoms with E-state index in [9.17, 15) is 4.79 Å². The molecule has 0 radical (unpaired) electrons. The van der Waals surface area contributed by atoms with Crippen LogP contribution in [0.15, 0.2) is 29.4 Å². The van der Waals surface area contributed by atoms with Gasteiger partial charge >= 0.3 is 0 Å². The fourth-order valence-corrected chi connectivity index (χ4v) is 2.82. The Labute approximate surface area is 112 Å². The van der Waals surface area contributed by atoms with Gasteiger partial charge in [0, 0.05) is 19.3 Å². The van der Waals surface area contributed by atoms with E-state index in [-0.39, 0.29) is 17.3 Å². The number of thioether (sulfide) groups is 1. The van der Waals surface area contributed by atoms with Crippen LogP contribution >= 0.6 is 11.8 Å². The average molecular weight is 266 g/mol. The number of ether oxygens (including phenoxy) is 1. The topological polar surface area (TPSA) is 42.4 Å². The van der Waals surface area contributed by atoms with E-state index in [1.165, 1.54) is 11.8 Å². The zero-order chi connectivity index (χ0) is 13.0. The van der Waals surface area contributed by atoms with Gasteiger partial charge in [-0.05, 0) is 26.0 Å². The smallest absolute Gasteiger partial charge is 0.236 e. The van der Waals surface area contributed by atoms with Crippen molar-refractivity contribution in [3.63, 3.8) is 0 Å². The first-order chi connectivity index (χ1) is 8.66. The molecule has 98 valence electrons. The Bertz CT molecular complexity index is 399. The lowest BCUT2D eigenvalue weighted by Crippen LogP contribution is -2.47. The second kappa shape index (κ2) is 6.20. The number of carbonyl (C=O) groups is 1. The number of hydrogen-bond donors (Lipinski definition) is 0. The van der Waals surface area contributed by atoms with Gasteiger partial charge in [-0.1, -0.05) is 17.8 Å². The highest BCUT2D eigenvalue weighted by molar-refractivity contribution is 8.00. The van der Waals surface area contributed by atoms with Crippen molar-refractivity contribution in [2.24, 2.45) is 0 Å². The minimum absolute atomic E-state index is 0.106. The second-order valence-electron chi connectivity index (χ2n) is 4.39. The quantitative estimate of drug-likeness (QED) is 0.783. The largest absolute Gasteiger partial charge is 0.375 e. The summed E-state index contributed by atoms with van der Waals surface area (Å²) in [4.78, 5) is 18.4. The van der Waals surface area contributed by atoms with Crippen LogP contribution in [-0.2, 0) is 9.53 Å². The van der Waals surface area contributed by atoms with E-state index >= 15 is 0 Å².